The Morgan fingerprint density at radius 1 is 1.45 bits per heavy atom. The lowest BCUT2D eigenvalue weighted by molar-refractivity contribution is -0.139. The predicted molar refractivity (Wildman–Crippen MR) is 36.0 cm³/mol. The maximum atomic E-state index is 11.8. The Morgan fingerprint density at radius 2 is 2.18 bits per heavy atom. The summed E-state index contributed by atoms with van der Waals surface area (Å²) in [6.07, 6.45) is -0.00325. The van der Waals surface area contributed by atoms with Crippen molar-refractivity contribution in [1.82, 2.24) is 5.32 Å². The van der Waals surface area contributed by atoms with E-state index in [1.165, 1.54) is 0 Å². The van der Waals surface area contributed by atoms with Crippen LogP contribution in [0.2, 0.25) is 0 Å². The van der Waals surface area contributed by atoms with Crippen LogP contribution in [0.1, 0.15) is 19.3 Å². The van der Waals surface area contributed by atoms with Crippen LogP contribution in [0.4, 0.5) is 13.2 Å². The Hall–Kier alpha value is -0.670. The van der Waals surface area contributed by atoms with E-state index < -0.39 is 18.6 Å². The first-order valence-electron chi connectivity index (χ1n) is 3.56. The minimum Gasteiger partial charge on any atom is -0.388 e. The summed E-state index contributed by atoms with van der Waals surface area (Å²) < 4.78 is 35.3. The van der Waals surface area contributed by atoms with Gasteiger partial charge in [-0.2, -0.15) is 13.2 Å². The summed E-state index contributed by atoms with van der Waals surface area (Å²) in [5.41, 5.74) is 0. The smallest absolute Gasteiger partial charge is 0.388 e. The zero-order chi connectivity index (χ0) is 8.32. The molecule has 1 nitrogen and oxygen atoms in total. The van der Waals surface area contributed by atoms with Gasteiger partial charge in [0.15, 0.2) is 0 Å². The van der Waals surface area contributed by atoms with Gasteiger partial charge in [0, 0.05) is 6.04 Å². The monoisotopic (exact) mass is 165 g/mol. The molecule has 0 bridgehead atoms. The second kappa shape index (κ2) is 3.15. The summed E-state index contributed by atoms with van der Waals surface area (Å²) in [5.74, 6) is 0. The van der Waals surface area contributed by atoms with Gasteiger partial charge in [-0.3, -0.25) is 0 Å². The fourth-order valence-corrected chi connectivity index (χ4v) is 1.11. The van der Waals surface area contributed by atoms with Gasteiger partial charge >= 0.3 is 6.18 Å². The number of hydrogen-bond acceptors (Lipinski definition) is 1. The van der Waals surface area contributed by atoms with Crippen molar-refractivity contribution in [2.75, 3.05) is 0 Å². The number of nitrogens with one attached hydrogen (secondary N) is 1. The lowest BCUT2D eigenvalue weighted by Gasteiger charge is -2.21. The molecule has 0 aromatic rings. The molecule has 4 heteroatoms. The average Bonchev–Trinajstić information content (AvgIpc) is 1.85. The molecule has 0 spiro atoms. The summed E-state index contributed by atoms with van der Waals surface area (Å²) in [5, 5.41) is 2.68. The fraction of sp³-hybridized carbons (Fsp3) is 0.714. The molecule has 1 aliphatic rings. The largest absolute Gasteiger partial charge is 0.391 e. The highest BCUT2D eigenvalue weighted by atomic mass is 19.4. The minimum atomic E-state index is -4.04. The number of halogens is 3. The first kappa shape index (κ1) is 8.43. The zero-order valence-corrected chi connectivity index (χ0v) is 5.99. The van der Waals surface area contributed by atoms with Crippen LogP contribution in [0.5, 0.6) is 0 Å². The van der Waals surface area contributed by atoms with Gasteiger partial charge in [0.1, 0.15) is 0 Å². The number of alkyl halides is 3. The summed E-state index contributed by atoms with van der Waals surface area (Å²) in [6, 6.07) is -0.417. The van der Waals surface area contributed by atoms with Crippen molar-refractivity contribution in [2.45, 2.75) is 31.5 Å². The standard InChI is InChI=1S/C7H10F3N/c8-7(9,10)5-6-3-1-2-4-11-6/h2,4,6,11H,1,3,5H2. The Morgan fingerprint density at radius 3 is 2.64 bits per heavy atom. The van der Waals surface area contributed by atoms with Crippen LogP contribution >= 0.6 is 0 Å². The molecule has 64 valence electrons. The van der Waals surface area contributed by atoms with E-state index in [1.807, 2.05) is 6.08 Å². The van der Waals surface area contributed by atoms with Gasteiger partial charge in [0.05, 0.1) is 6.42 Å². The fourth-order valence-electron chi connectivity index (χ4n) is 1.11. The Kier molecular flexibility index (Phi) is 2.42. The van der Waals surface area contributed by atoms with Crippen molar-refractivity contribution < 1.29 is 13.2 Å². The van der Waals surface area contributed by atoms with Gasteiger partial charge < -0.3 is 5.32 Å². The molecule has 1 atom stereocenters. The Labute approximate surface area is 63.3 Å². The summed E-state index contributed by atoms with van der Waals surface area (Å²) in [6.45, 7) is 0. The van der Waals surface area contributed by atoms with Crippen LogP contribution in [-0.4, -0.2) is 12.2 Å². The van der Waals surface area contributed by atoms with E-state index in [-0.39, 0.29) is 0 Å². The minimum absolute atomic E-state index is 0.417. The number of rotatable bonds is 1. The zero-order valence-electron chi connectivity index (χ0n) is 5.99. The molecular formula is C7H10F3N. The topological polar surface area (TPSA) is 12.0 Å². The maximum Gasteiger partial charge on any atom is 0.391 e. The van der Waals surface area contributed by atoms with Crippen molar-refractivity contribution >= 4 is 0 Å². The van der Waals surface area contributed by atoms with Crippen molar-refractivity contribution in [1.29, 1.82) is 0 Å². The molecule has 1 aliphatic heterocycles. The van der Waals surface area contributed by atoms with Gasteiger partial charge in [-0.15, -0.1) is 0 Å². The summed E-state index contributed by atoms with van der Waals surface area (Å²) in [4.78, 5) is 0. The highest BCUT2D eigenvalue weighted by Gasteiger charge is 2.31. The first-order chi connectivity index (χ1) is 5.08. The van der Waals surface area contributed by atoms with Crippen molar-refractivity contribution in [3.8, 4) is 0 Å². The predicted octanol–water partition coefficient (Wildman–Crippen LogP) is 2.20. The first-order valence-corrected chi connectivity index (χ1v) is 3.56. The second-order valence-electron chi connectivity index (χ2n) is 2.66. The molecule has 1 unspecified atom stereocenters. The van der Waals surface area contributed by atoms with E-state index in [1.54, 1.807) is 6.20 Å². The molecule has 0 aromatic carbocycles. The van der Waals surface area contributed by atoms with Crippen molar-refractivity contribution in [3.63, 3.8) is 0 Å². The van der Waals surface area contributed by atoms with E-state index in [4.69, 9.17) is 0 Å². The quantitative estimate of drug-likeness (QED) is 0.628. The third-order valence-electron chi connectivity index (χ3n) is 1.61. The average molecular weight is 165 g/mol. The number of hydrogen-bond donors (Lipinski definition) is 1. The second-order valence-corrected chi connectivity index (χ2v) is 2.66. The molecule has 0 aliphatic carbocycles. The third kappa shape index (κ3) is 3.30. The van der Waals surface area contributed by atoms with E-state index in [0.29, 0.717) is 6.42 Å². The van der Waals surface area contributed by atoms with Gasteiger partial charge in [-0.05, 0) is 19.0 Å². The molecule has 1 heterocycles. The molecule has 1 N–H and O–H groups in total. The molecule has 1 rings (SSSR count). The molecule has 0 saturated carbocycles. The lowest BCUT2D eigenvalue weighted by Crippen LogP contribution is -2.31. The number of allylic oxidation sites excluding steroid dienone is 1. The van der Waals surface area contributed by atoms with Crippen LogP contribution in [0, 0.1) is 0 Å². The highest BCUT2D eigenvalue weighted by molar-refractivity contribution is 4.90. The van der Waals surface area contributed by atoms with Crippen LogP contribution < -0.4 is 5.32 Å². The van der Waals surface area contributed by atoms with Crippen LogP contribution in [0.25, 0.3) is 0 Å². The van der Waals surface area contributed by atoms with E-state index in [9.17, 15) is 13.2 Å². The van der Waals surface area contributed by atoms with Crippen molar-refractivity contribution in [3.05, 3.63) is 12.3 Å². The van der Waals surface area contributed by atoms with Crippen LogP contribution in [-0.2, 0) is 0 Å². The van der Waals surface area contributed by atoms with Gasteiger partial charge in [0.2, 0.25) is 0 Å². The molecule has 0 radical (unpaired) electrons. The summed E-state index contributed by atoms with van der Waals surface area (Å²) in [7, 11) is 0. The van der Waals surface area contributed by atoms with E-state index >= 15 is 0 Å². The SMILES string of the molecule is FC(F)(F)CC1CCC=CN1. The molecular weight excluding hydrogens is 155 g/mol. The molecule has 0 amide bonds. The Balaban J connectivity index is 2.32. The summed E-state index contributed by atoms with van der Waals surface area (Å²) >= 11 is 0. The van der Waals surface area contributed by atoms with Gasteiger partial charge in [-0.1, -0.05) is 6.08 Å². The normalized spacial score (nSPS) is 24.8. The molecule has 11 heavy (non-hydrogen) atoms. The van der Waals surface area contributed by atoms with E-state index in [2.05, 4.69) is 5.32 Å². The molecule has 0 saturated heterocycles. The van der Waals surface area contributed by atoms with Gasteiger partial charge in [-0.25, -0.2) is 0 Å². The third-order valence-corrected chi connectivity index (χ3v) is 1.61. The lowest BCUT2D eigenvalue weighted by atomic mass is 10.1. The van der Waals surface area contributed by atoms with Crippen LogP contribution in [0.3, 0.4) is 0 Å². The Bertz CT molecular complexity index is 150. The molecule has 0 aromatic heterocycles. The van der Waals surface area contributed by atoms with Crippen LogP contribution in [0.15, 0.2) is 12.3 Å². The van der Waals surface area contributed by atoms with Gasteiger partial charge in [0.25, 0.3) is 0 Å². The maximum absolute atomic E-state index is 11.8. The highest BCUT2D eigenvalue weighted by Crippen LogP contribution is 2.24. The van der Waals surface area contributed by atoms with E-state index in [0.717, 1.165) is 6.42 Å². The van der Waals surface area contributed by atoms with Crippen molar-refractivity contribution in [2.24, 2.45) is 0 Å². The molecule has 0 fully saturated rings.